The monoisotopic (exact) mass is 426 g/mol. The minimum absolute atomic E-state index is 0. The highest BCUT2D eigenvalue weighted by Crippen LogP contribution is 2.28. The van der Waals surface area contributed by atoms with Gasteiger partial charge in [-0.15, -0.1) is 24.8 Å². The summed E-state index contributed by atoms with van der Waals surface area (Å²) in [4.78, 5) is 9.37. The SMILES string of the molecule is CNC1CCC(Cc2cccc(-c3cnc4ccc(Cl)cn34)n2)CC1.Cl.Cl. The number of hydrogen-bond acceptors (Lipinski definition) is 3. The lowest BCUT2D eigenvalue weighted by Gasteiger charge is -2.28. The minimum atomic E-state index is 0. The maximum atomic E-state index is 6.14. The Labute approximate surface area is 177 Å². The molecule has 1 aliphatic rings. The van der Waals surface area contributed by atoms with Crippen LogP contribution in [0, 0.1) is 5.92 Å². The Balaban J connectivity index is 0.00000131. The van der Waals surface area contributed by atoms with E-state index < -0.39 is 0 Å². The van der Waals surface area contributed by atoms with Gasteiger partial charge in [0.2, 0.25) is 0 Å². The Morgan fingerprint density at radius 3 is 2.63 bits per heavy atom. The smallest absolute Gasteiger partial charge is 0.137 e. The molecule has 27 heavy (non-hydrogen) atoms. The van der Waals surface area contributed by atoms with Crippen molar-refractivity contribution in [3.8, 4) is 11.4 Å². The Kier molecular flexibility index (Phi) is 7.92. The lowest BCUT2D eigenvalue weighted by molar-refractivity contribution is 0.299. The van der Waals surface area contributed by atoms with Crippen LogP contribution in [0.1, 0.15) is 31.4 Å². The molecule has 1 saturated carbocycles. The minimum Gasteiger partial charge on any atom is -0.317 e. The molecule has 0 spiro atoms. The standard InChI is InChI=1S/C20H23ClN4.2ClH/c1-22-16-8-5-14(6-9-16)11-17-3-2-4-18(24-17)19-12-23-20-10-7-15(21)13-25(19)20;;/h2-4,7,10,12-14,16,22H,5-6,8-9,11H2,1H3;2*1H. The molecule has 146 valence electrons. The molecule has 0 amide bonds. The molecule has 4 nitrogen and oxygen atoms in total. The van der Waals surface area contributed by atoms with Crippen molar-refractivity contribution in [2.45, 2.75) is 38.1 Å². The van der Waals surface area contributed by atoms with Crippen molar-refractivity contribution in [1.82, 2.24) is 19.7 Å². The second kappa shape index (κ2) is 9.74. The summed E-state index contributed by atoms with van der Waals surface area (Å²) < 4.78 is 2.01. The highest BCUT2D eigenvalue weighted by Gasteiger charge is 2.20. The molecule has 1 fully saturated rings. The summed E-state index contributed by atoms with van der Waals surface area (Å²) in [6.45, 7) is 0. The first-order valence-corrected chi connectivity index (χ1v) is 9.37. The molecular weight excluding hydrogens is 403 g/mol. The van der Waals surface area contributed by atoms with E-state index in [1.54, 1.807) is 0 Å². The number of hydrogen-bond donors (Lipinski definition) is 1. The van der Waals surface area contributed by atoms with Gasteiger partial charge in [-0.3, -0.25) is 9.38 Å². The summed E-state index contributed by atoms with van der Waals surface area (Å²) >= 11 is 6.14. The highest BCUT2D eigenvalue weighted by molar-refractivity contribution is 6.30. The van der Waals surface area contributed by atoms with Crippen LogP contribution in [0.2, 0.25) is 5.02 Å². The molecule has 0 bridgehead atoms. The first-order valence-electron chi connectivity index (χ1n) is 8.99. The van der Waals surface area contributed by atoms with E-state index in [0.29, 0.717) is 11.1 Å². The van der Waals surface area contributed by atoms with Gasteiger partial charge in [-0.05, 0) is 69.3 Å². The van der Waals surface area contributed by atoms with Crippen molar-refractivity contribution >= 4 is 42.1 Å². The molecular formula is C20H25Cl3N4. The van der Waals surface area contributed by atoms with E-state index in [9.17, 15) is 0 Å². The molecule has 0 aliphatic heterocycles. The zero-order valence-electron chi connectivity index (χ0n) is 15.3. The molecule has 0 unspecified atom stereocenters. The molecule has 3 aromatic rings. The van der Waals surface area contributed by atoms with E-state index in [4.69, 9.17) is 16.6 Å². The van der Waals surface area contributed by atoms with Crippen LogP contribution in [0.15, 0.2) is 42.7 Å². The van der Waals surface area contributed by atoms with Crippen LogP contribution in [-0.4, -0.2) is 27.5 Å². The summed E-state index contributed by atoms with van der Waals surface area (Å²) in [5, 5.41) is 4.10. The second-order valence-corrected chi connectivity index (χ2v) is 7.38. The Morgan fingerprint density at radius 2 is 1.89 bits per heavy atom. The summed E-state index contributed by atoms with van der Waals surface area (Å²) in [6, 6.07) is 10.8. The van der Waals surface area contributed by atoms with Crippen molar-refractivity contribution in [2.75, 3.05) is 7.05 Å². The fourth-order valence-corrected chi connectivity index (χ4v) is 3.99. The summed E-state index contributed by atoms with van der Waals surface area (Å²) in [6.07, 6.45) is 9.93. The zero-order chi connectivity index (χ0) is 17.2. The van der Waals surface area contributed by atoms with Gasteiger partial charge in [0.1, 0.15) is 5.65 Å². The van der Waals surface area contributed by atoms with E-state index in [-0.39, 0.29) is 24.8 Å². The van der Waals surface area contributed by atoms with Gasteiger partial charge in [0, 0.05) is 17.9 Å². The number of halogens is 3. The fourth-order valence-electron chi connectivity index (χ4n) is 3.83. The molecule has 0 atom stereocenters. The van der Waals surface area contributed by atoms with Gasteiger partial charge in [-0.1, -0.05) is 17.7 Å². The number of nitrogens with zero attached hydrogens (tertiary/aromatic N) is 3. The van der Waals surface area contributed by atoms with Gasteiger partial charge < -0.3 is 5.32 Å². The van der Waals surface area contributed by atoms with Gasteiger partial charge >= 0.3 is 0 Å². The van der Waals surface area contributed by atoms with Crippen molar-refractivity contribution in [3.63, 3.8) is 0 Å². The summed E-state index contributed by atoms with van der Waals surface area (Å²) in [7, 11) is 2.07. The Bertz CT molecular complexity index is 873. The third-order valence-electron chi connectivity index (χ3n) is 5.29. The average Bonchev–Trinajstić information content (AvgIpc) is 3.05. The lowest BCUT2D eigenvalue weighted by atomic mass is 9.83. The molecule has 4 rings (SSSR count). The van der Waals surface area contributed by atoms with Gasteiger partial charge in [-0.2, -0.15) is 0 Å². The molecule has 3 aromatic heterocycles. The van der Waals surface area contributed by atoms with Crippen LogP contribution in [-0.2, 0) is 6.42 Å². The van der Waals surface area contributed by atoms with E-state index in [2.05, 4.69) is 29.5 Å². The Hall–Kier alpha value is -1.33. The predicted molar refractivity (Wildman–Crippen MR) is 116 cm³/mol. The maximum Gasteiger partial charge on any atom is 0.137 e. The largest absolute Gasteiger partial charge is 0.317 e. The normalized spacial score (nSPS) is 19.3. The van der Waals surface area contributed by atoms with E-state index in [0.717, 1.165) is 29.4 Å². The first-order chi connectivity index (χ1) is 12.2. The molecule has 0 aromatic carbocycles. The van der Waals surface area contributed by atoms with E-state index in [1.807, 2.05) is 35.0 Å². The van der Waals surface area contributed by atoms with Gasteiger partial charge in [0.05, 0.1) is 22.6 Å². The van der Waals surface area contributed by atoms with Crippen molar-refractivity contribution < 1.29 is 0 Å². The fraction of sp³-hybridized carbons (Fsp3) is 0.400. The maximum absolute atomic E-state index is 6.14. The highest BCUT2D eigenvalue weighted by atomic mass is 35.5. The molecule has 7 heteroatoms. The summed E-state index contributed by atoms with van der Waals surface area (Å²) in [5.74, 6) is 0.740. The number of imidazole rings is 1. The molecule has 1 aliphatic carbocycles. The third kappa shape index (κ3) is 4.94. The van der Waals surface area contributed by atoms with Crippen LogP contribution < -0.4 is 5.32 Å². The zero-order valence-corrected chi connectivity index (χ0v) is 17.7. The average molecular weight is 428 g/mol. The van der Waals surface area contributed by atoms with Gasteiger partial charge in [0.15, 0.2) is 0 Å². The molecule has 0 saturated heterocycles. The van der Waals surface area contributed by atoms with Crippen LogP contribution >= 0.6 is 36.4 Å². The quantitative estimate of drug-likeness (QED) is 0.621. The van der Waals surface area contributed by atoms with Gasteiger partial charge in [0.25, 0.3) is 0 Å². The third-order valence-corrected chi connectivity index (χ3v) is 5.52. The molecule has 1 N–H and O–H groups in total. The topological polar surface area (TPSA) is 42.2 Å². The number of nitrogens with one attached hydrogen (secondary N) is 1. The van der Waals surface area contributed by atoms with E-state index >= 15 is 0 Å². The van der Waals surface area contributed by atoms with Crippen LogP contribution in [0.5, 0.6) is 0 Å². The van der Waals surface area contributed by atoms with Crippen LogP contribution in [0.25, 0.3) is 17.0 Å². The van der Waals surface area contributed by atoms with Crippen molar-refractivity contribution in [2.24, 2.45) is 5.92 Å². The van der Waals surface area contributed by atoms with E-state index in [1.165, 1.54) is 31.4 Å². The Morgan fingerprint density at radius 1 is 1.11 bits per heavy atom. The molecule has 3 heterocycles. The van der Waals surface area contributed by atoms with Crippen molar-refractivity contribution in [1.29, 1.82) is 0 Å². The number of pyridine rings is 2. The number of rotatable bonds is 4. The van der Waals surface area contributed by atoms with Crippen LogP contribution in [0.3, 0.4) is 0 Å². The van der Waals surface area contributed by atoms with Crippen molar-refractivity contribution in [3.05, 3.63) is 53.4 Å². The second-order valence-electron chi connectivity index (χ2n) is 6.94. The predicted octanol–water partition coefficient (Wildman–Crippen LogP) is 5.21. The number of fused-ring (bicyclic) bond motifs is 1. The first kappa shape index (κ1) is 22.0. The molecule has 0 radical (unpaired) electrons. The number of aromatic nitrogens is 3. The van der Waals surface area contributed by atoms with Crippen LogP contribution in [0.4, 0.5) is 0 Å². The van der Waals surface area contributed by atoms with Gasteiger partial charge in [-0.25, -0.2) is 4.98 Å². The lowest BCUT2D eigenvalue weighted by Crippen LogP contribution is -2.30. The summed E-state index contributed by atoms with van der Waals surface area (Å²) in [5.41, 5.74) is 3.99.